The minimum atomic E-state index is -0.448. The molecular formula is C13H16ClN3O. The summed E-state index contributed by atoms with van der Waals surface area (Å²) >= 11 is 6.13. The second kappa shape index (κ2) is 5.52. The second-order valence-electron chi connectivity index (χ2n) is 4.29. The van der Waals surface area contributed by atoms with Crippen molar-refractivity contribution in [3.63, 3.8) is 0 Å². The molecule has 0 saturated carbocycles. The Balaban J connectivity index is 2.32. The number of nitrogens with zero attached hydrogens (tertiary/aromatic N) is 2. The van der Waals surface area contributed by atoms with Crippen LogP contribution in [0, 0.1) is 0 Å². The van der Waals surface area contributed by atoms with Gasteiger partial charge in [0.2, 0.25) is 0 Å². The third-order valence-electron chi connectivity index (χ3n) is 2.73. The Labute approximate surface area is 111 Å². The minimum Gasteiger partial charge on any atom is -0.392 e. The SMILES string of the molecule is CC(O)Cn1ccnc1C(N)c1ccccc1Cl. The molecule has 1 aromatic heterocycles. The van der Waals surface area contributed by atoms with E-state index < -0.39 is 12.1 Å². The Kier molecular flexibility index (Phi) is 4.01. The van der Waals surface area contributed by atoms with Gasteiger partial charge in [-0.3, -0.25) is 0 Å². The predicted octanol–water partition coefficient (Wildman–Crippen LogP) is 1.97. The maximum Gasteiger partial charge on any atom is 0.130 e. The van der Waals surface area contributed by atoms with E-state index in [1.807, 2.05) is 22.8 Å². The average Bonchev–Trinajstić information content (AvgIpc) is 2.76. The van der Waals surface area contributed by atoms with Gasteiger partial charge in [0, 0.05) is 24.0 Å². The van der Waals surface area contributed by atoms with E-state index in [1.165, 1.54) is 0 Å². The molecule has 3 N–H and O–H groups in total. The van der Waals surface area contributed by atoms with Crippen molar-refractivity contribution in [2.45, 2.75) is 25.6 Å². The lowest BCUT2D eigenvalue weighted by Crippen LogP contribution is -2.21. The van der Waals surface area contributed by atoms with E-state index in [9.17, 15) is 5.11 Å². The van der Waals surface area contributed by atoms with Gasteiger partial charge in [-0.2, -0.15) is 0 Å². The van der Waals surface area contributed by atoms with E-state index in [-0.39, 0.29) is 0 Å². The molecule has 0 spiro atoms. The highest BCUT2D eigenvalue weighted by Crippen LogP contribution is 2.25. The van der Waals surface area contributed by atoms with E-state index in [0.29, 0.717) is 17.4 Å². The van der Waals surface area contributed by atoms with Gasteiger partial charge < -0.3 is 15.4 Å². The van der Waals surface area contributed by atoms with Gasteiger partial charge in [-0.1, -0.05) is 29.8 Å². The first-order valence-electron chi connectivity index (χ1n) is 5.78. The second-order valence-corrected chi connectivity index (χ2v) is 4.69. The molecular weight excluding hydrogens is 250 g/mol. The number of imidazole rings is 1. The van der Waals surface area contributed by atoms with Crippen LogP contribution >= 0.6 is 11.6 Å². The van der Waals surface area contributed by atoms with Crippen molar-refractivity contribution < 1.29 is 5.11 Å². The molecule has 2 atom stereocenters. The van der Waals surface area contributed by atoms with Crippen LogP contribution in [0.1, 0.15) is 24.4 Å². The Morgan fingerprint density at radius 3 is 2.83 bits per heavy atom. The molecule has 1 aromatic carbocycles. The lowest BCUT2D eigenvalue weighted by molar-refractivity contribution is 0.172. The number of aliphatic hydroxyl groups excluding tert-OH is 1. The fourth-order valence-corrected chi connectivity index (χ4v) is 2.16. The Bertz CT molecular complexity index is 524. The summed E-state index contributed by atoms with van der Waals surface area (Å²) in [5.41, 5.74) is 7.02. The van der Waals surface area contributed by atoms with Gasteiger partial charge in [-0.15, -0.1) is 0 Å². The molecule has 5 heteroatoms. The number of halogens is 1. The Hall–Kier alpha value is -1.36. The molecule has 2 unspecified atom stereocenters. The van der Waals surface area contributed by atoms with Gasteiger partial charge in [0.25, 0.3) is 0 Å². The molecule has 0 aliphatic rings. The first-order valence-corrected chi connectivity index (χ1v) is 6.16. The van der Waals surface area contributed by atoms with Crippen molar-refractivity contribution >= 4 is 11.6 Å². The first-order chi connectivity index (χ1) is 8.59. The van der Waals surface area contributed by atoms with Crippen LogP contribution in [0.2, 0.25) is 5.02 Å². The normalized spacial score (nSPS) is 14.4. The molecule has 0 fully saturated rings. The van der Waals surface area contributed by atoms with E-state index in [2.05, 4.69) is 4.98 Å². The number of aliphatic hydroxyl groups is 1. The number of benzene rings is 1. The maximum atomic E-state index is 9.44. The minimum absolute atomic E-state index is 0.396. The molecule has 0 amide bonds. The smallest absolute Gasteiger partial charge is 0.130 e. The van der Waals surface area contributed by atoms with Crippen LogP contribution in [0.25, 0.3) is 0 Å². The highest BCUT2D eigenvalue weighted by atomic mass is 35.5. The molecule has 0 bridgehead atoms. The molecule has 0 aliphatic heterocycles. The summed E-state index contributed by atoms with van der Waals surface area (Å²) in [5, 5.41) is 10.1. The summed E-state index contributed by atoms with van der Waals surface area (Å²) in [4.78, 5) is 4.25. The fraction of sp³-hybridized carbons (Fsp3) is 0.308. The van der Waals surface area contributed by atoms with Gasteiger partial charge in [0.05, 0.1) is 12.1 Å². The summed E-state index contributed by atoms with van der Waals surface area (Å²) in [5.74, 6) is 0.698. The third-order valence-corrected chi connectivity index (χ3v) is 3.07. The fourth-order valence-electron chi connectivity index (χ4n) is 1.91. The summed E-state index contributed by atoms with van der Waals surface area (Å²) < 4.78 is 1.85. The highest BCUT2D eigenvalue weighted by Gasteiger charge is 2.17. The number of hydrogen-bond donors (Lipinski definition) is 2. The number of aromatic nitrogens is 2. The highest BCUT2D eigenvalue weighted by molar-refractivity contribution is 6.31. The zero-order chi connectivity index (χ0) is 13.1. The molecule has 0 radical (unpaired) electrons. The van der Waals surface area contributed by atoms with Gasteiger partial charge in [0.1, 0.15) is 5.82 Å². The molecule has 2 aromatic rings. The number of nitrogens with two attached hydrogens (primary N) is 1. The van der Waals surface area contributed by atoms with Gasteiger partial charge in [-0.05, 0) is 18.6 Å². The van der Waals surface area contributed by atoms with Crippen molar-refractivity contribution in [3.05, 3.63) is 53.1 Å². The van der Waals surface area contributed by atoms with Crippen LogP contribution < -0.4 is 5.73 Å². The van der Waals surface area contributed by atoms with Crippen molar-refractivity contribution in [1.29, 1.82) is 0 Å². The third kappa shape index (κ3) is 2.72. The topological polar surface area (TPSA) is 64.1 Å². The van der Waals surface area contributed by atoms with E-state index in [4.69, 9.17) is 17.3 Å². The number of rotatable bonds is 4. The summed E-state index contributed by atoms with van der Waals surface area (Å²) in [6, 6.07) is 7.05. The summed E-state index contributed by atoms with van der Waals surface area (Å²) in [6.07, 6.45) is 3.03. The van der Waals surface area contributed by atoms with E-state index in [1.54, 1.807) is 25.4 Å². The van der Waals surface area contributed by atoms with E-state index >= 15 is 0 Å². The molecule has 4 nitrogen and oxygen atoms in total. The van der Waals surface area contributed by atoms with E-state index in [0.717, 1.165) is 5.56 Å². The van der Waals surface area contributed by atoms with Crippen molar-refractivity contribution in [2.75, 3.05) is 0 Å². The monoisotopic (exact) mass is 265 g/mol. The van der Waals surface area contributed by atoms with Crippen LogP contribution in [0.3, 0.4) is 0 Å². The molecule has 1 heterocycles. The van der Waals surface area contributed by atoms with Crippen LogP contribution in [-0.4, -0.2) is 20.8 Å². The van der Waals surface area contributed by atoms with Crippen LogP contribution in [-0.2, 0) is 6.54 Å². The molecule has 18 heavy (non-hydrogen) atoms. The molecule has 2 rings (SSSR count). The van der Waals surface area contributed by atoms with Crippen molar-refractivity contribution in [3.8, 4) is 0 Å². The lowest BCUT2D eigenvalue weighted by atomic mass is 10.1. The Morgan fingerprint density at radius 2 is 2.17 bits per heavy atom. The van der Waals surface area contributed by atoms with Gasteiger partial charge in [0.15, 0.2) is 0 Å². The quantitative estimate of drug-likeness (QED) is 0.888. The Morgan fingerprint density at radius 1 is 1.44 bits per heavy atom. The first kappa shape index (κ1) is 13.1. The predicted molar refractivity (Wildman–Crippen MR) is 71.4 cm³/mol. The largest absolute Gasteiger partial charge is 0.392 e. The van der Waals surface area contributed by atoms with Crippen LogP contribution in [0.5, 0.6) is 0 Å². The average molecular weight is 266 g/mol. The zero-order valence-corrected chi connectivity index (χ0v) is 10.9. The maximum absolute atomic E-state index is 9.44. The number of hydrogen-bond acceptors (Lipinski definition) is 3. The lowest BCUT2D eigenvalue weighted by Gasteiger charge is -2.16. The van der Waals surface area contributed by atoms with Crippen molar-refractivity contribution in [1.82, 2.24) is 9.55 Å². The van der Waals surface area contributed by atoms with Crippen LogP contribution in [0.15, 0.2) is 36.7 Å². The molecule has 96 valence electrons. The summed E-state index contributed by atoms with van der Waals surface area (Å²) in [6.45, 7) is 2.19. The zero-order valence-electron chi connectivity index (χ0n) is 10.1. The standard InChI is InChI=1S/C13H16ClN3O/c1-9(18)8-17-7-6-16-13(17)12(15)10-4-2-3-5-11(10)14/h2-7,9,12,18H,8,15H2,1H3. The molecule has 0 aliphatic carbocycles. The van der Waals surface area contributed by atoms with Gasteiger partial charge >= 0.3 is 0 Å². The molecule has 0 saturated heterocycles. The summed E-state index contributed by atoms with van der Waals surface area (Å²) in [7, 11) is 0. The van der Waals surface area contributed by atoms with Crippen LogP contribution in [0.4, 0.5) is 0 Å². The van der Waals surface area contributed by atoms with Gasteiger partial charge in [-0.25, -0.2) is 4.98 Å². The van der Waals surface area contributed by atoms with Crippen molar-refractivity contribution in [2.24, 2.45) is 5.73 Å².